The Hall–Kier alpha value is -1.00. The van der Waals surface area contributed by atoms with E-state index < -0.39 is 0 Å². The maximum atomic E-state index is 12.3. The van der Waals surface area contributed by atoms with Gasteiger partial charge in [-0.1, -0.05) is 26.0 Å². The van der Waals surface area contributed by atoms with Gasteiger partial charge in [0.05, 0.1) is 12.5 Å². The number of benzene rings is 1. The highest BCUT2D eigenvalue weighted by Crippen LogP contribution is 2.23. The fourth-order valence-electron chi connectivity index (χ4n) is 2.59. The molecular formula is C17H25NO2S. The zero-order chi connectivity index (χ0) is 15.2. The summed E-state index contributed by atoms with van der Waals surface area (Å²) in [6.45, 7) is 6.01. The standard InChI is InChI=1S/C17H25NO2S/c1-13(2)21-16-6-4-14(5-7-16)12-17(19)18-10-8-15(20-3)9-11-18/h4-7,13,15H,8-12H2,1-3H3. The number of ether oxygens (including phenoxy) is 1. The summed E-state index contributed by atoms with van der Waals surface area (Å²) in [5.74, 6) is 0.230. The number of nitrogens with zero attached hydrogens (tertiary/aromatic N) is 1. The second kappa shape index (κ2) is 7.85. The van der Waals surface area contributed by atoms with Crippen LogP contribution in [0.5, 0.6) is 0 Å². The van der Waals surface area contributed by atoms with Crippen LogP contribution in [0, 0.1) is 0 Å². The quantitative estimate of drug-likeness (QED) is 0.781. The van der Waals surface area contributed by atoms with Crippen molar-refractivity contribution in [3.05, 3.63) is 29.8 Å². The van der Waals surface area contributed by atoms with E-state index in [1.807, 2.05) is 16.7 Å². The maximum Gasteiger partial charge on any atom is 0.226 e. The molecule has 1 aliphatic rings. The molecule has 1 saturated heterocycles. The molecule has 1 fully saturated rings. The van der Waals surface area contributed by atoms with Crippen molar-refractivity contribution in [2.45, 2.75) is 49.4 Å². The highest BCUT2D eigenvalue weighted by Gasteiger charge is 2.22. The Balaban J connectivity index is 1.85. The Labute approximate surface area is 132 Å². The molecule has 0 unspecified atom stereocenters. The largest absolute Gasteiger partial charge is 0.381 e. The van der Waals surface area contributed by atoms with Gasteiger partial charge in [0, 0.05) is 30.3 Å². The third kappa shape index (κ3) is 5.04. The molecule has 0 aliphatic carbocycles. The van der Waals surface area contributed by atoms with Gasteiger partial charge in [-0.2, -0.15) is 0 Å². The Kier molecular flexibility index (Phi) is 6.12. The Morgan fingerprint density at radius 3 is 2.43 bits per heavy atom. The number of thioether (sulfide) groups is 1. The highest BCUT2D eigenvalue weighted by molar-refractivity contribution is 7.99. The molecule has 1 aromatic rings. The van der Waals surface area contributed by atoms with Crippen molar-refractivity contribution in [2.75, 3.05) is 20.2 Å². The molecule has 0 spiro atoms. The Bertz CT molecular complexity index is 450. The van der Waals surface area contributed by atoms with E-state index in [2.05, 4.69) is 38.1 Å². The second-order valence-electron chi connectivity index (χ2n) is 5.80. The summed E-state index contributed by atoms with van der Waals surface area (Å²) in [6.07, 6.45) is 2.73. The van der Waals surface area contributed by atoms with Crippen LogP contribution in [-0.4, -0.2) is 42.4 Å². The van der Waals surface area contributed by atoms with Gasteiger partial charge in [-0.05, 0) is 30.5 Å². The maximum absolute atomic E-state index is 12.3. The molecule has 0 bridgehead atoms. The molecule has 0 atom stereocenters. The van der Waals surface area contributed by atoms with Crippen molar-refractivity contribution in [3.63, 3.8) is 0 Å². The predicted octanol–water partition coefficient (Wildman–Crippen LogP) is 3.37. The summed E-state index contributed by atoms with van der Waals surface area (Å²) in [7, 11) is 1.75. The lowest BCUT2D eigenvalue weighted by Gasteiger charge is -2.31. The minimum atomic E-state index is 0.230. The number of hydrogen-bond donors (Lipinski definition) is 0. The average Bonchev–Trinajstić information content (AvgIpc) is 2.49. The second-order valence-corrected chi connectivity index (χ2v) is 7.45. The monoisotopic (exact) mass is 307 g/mol. The number of likely N-dealkylation sites (tertiary alicyclic amines) is 1. The molecule has 0 N–H and O–H groups in total. The van der Waals surface area contributed by atoms with Gasteiger partial charge in [0.2, 0.25) is 5.91 Å². The van der Waals surface area contributed by atoms with E-state index in [1.165, 1.54) is 4.90 Å². The van der Waals surface area contributed by atoms with E-state index in [9.17, 15) is 4.79 Å². The molecule has 2 rings (SSSR count). The van der Waals surface area contributed by atoms with Gasteiger partial charge in [0.25, 0.3) is 0 Å². The van der Waals surface area contributed by atoms with E-state index in [-0.39, 0.29) is 5.91 Å². The fourth-order valence-corrected chi connectivity index (χ4v) is 3.42. The smallest absolute Gasteiger partial charge is 0.226 e. The number of amides is 1. The SMILES string of the molecule is COC1CCN(C(=O)Cc2ccc(SC(C)C)cc2)CC1. The van der Waals surface area contributed by atoms with Crippen LogP contribution >= 0.6 is 11.8 Å². The number of methoxy groups -OCH3 is 1. The molecule has 116 valence electrons. The molecule has 0 saturated carbocycles. The van der Waals surface area contributed by atoms with Gasteiger partial charge in [-0.15, -0.1) is 11.8 Å². The number of hydrogen-bond acceptors (Lipinski definition) is 3. The molecule has 0 aromatic heterocycles. The summed E-state index contributed by atoms with van der Waals surface area (Å²) in [4.78, 5) is 15.5. The first-order chi connectivity index (χ1) is 10.1. The minimum absolute atomic E-state index is 0.230. The van der Waals surface area contributed by atoms with E-state index in [0.717, 1.165) is 31.5 Å². The van der Waals surface area contributed by atoms with Crippen LogP contribution in [0.25, 0.3) is 0 Å². The molecule has 1 amide bonds. The first-order valence-electron chi connectivity index (χ1n) is 7.64. The van der Waals surface area contributed by atoms with Crippen molar-refractivity contribution >= 4 is 17.7 Å². The third-order valence-corrected chi connectivity index (χ3v) is 4.79. The van der Waals surface area contributed by atoms with Gasteiger partial charge >= 0.3 is 0 Å². The first kappa shape index (κ1) is 16.4. The minimum Gasteiger partial charge on any atom is -0.381 e. The normalized spacial score (nSPS) is 16.5. The van der Waals surface area contributed by atoms with E-state index >= 15 is 0 Å². The van der Waals surface area contributed by atoms with Gasteiger partial charge in [-0.25, -0.2) is 0 Å². The first-order valence-corrected chi connectivity index (χ1v) is 8.52. The lowest BCUT2D eigenvalue weighted by atomic mass is 10.1. The van der Waals surface area contributed by atoms with Crippen LogP contribution < -0.4 is 0 Å². The van der Waals surface area contributed by atoms with Gasteiger partial charge in [0.15, 0.2) is 0 Å². The summed E-state index contributed by atoms with van der Waals surface area (Å²) >= 11 is 1.85. The number of carbonyl (C=O) groups is 1. The topological polar surface area (TPSA) is 29.5 Å². The molecule has 1 heterocycles. The Morgan fingerprint density at radius 1 is 1.29 bits per heavy atom. The van der Waals surface area contributed by atoms with Crippen molar-refractivity contribution in [2.24, 2.45) is 0 Å². The summed E-state index contributed by atoms with van der Waals surface area (Å²) in [5, 5.41) is 0.583. The molecule has 1 aliphatic heterocycles. The van der Waals surface area contributed by atoms with Crippen molar-refractivity contribution in [3.8, 4) is 0 Å². The number of piperidine rings is 1. The van der Waals surface area contributed by atoms with Crippen molar-refractivity contribution in [1.29, 1.82) is 0 Å². The summed E-state index contributed by atoms with van der Waals surface area (Å²) in [6, 6.07) is 8.38. The molecule has 21 heavy (non-hydrogen) atoms. The molecule has 4 heteroatoms. The third-order valence-electron chi connectivity index (χ3n) is 3.78. The summed E-state index contributed by atoms with van der Waals surface area (Å²) < 4.78 is 5.34. The molecule has 1 aromatic carbocycles. The van der Waals surface area contributed by atoms with Crippen molar-refractivity contribution < 1.29 is 9.53 Å². The number of rotatable bonds is 5. The fraction of sp³-hybridized carbons (Fsp3) is 0.588. The van der Waals surface area contributed by atoms with Crippen LogP contribution in [0.15, 0.2) is 29.2 Å². The predicted molar refractivity (Wildman–Crippen MR) is 87.8 cm³/mol. The van der Waals surface area contributed by atoms with Crippen LogP contribution in [-0.2, 0) is 16.0 Å². The Morgan fingerprint density at radius 2 is 1.90 bits per heavy atom. The highest BCUT2D eigenvalue weighted by atomic mass is 32.2. The van der Waals surface area contributed by atoms with Gasteiger partial charge in [-0.3, -0.25) is 4.79 Å². The van der Waals surface area contributed by atoms with E-state index in [4.69, 9.17) is 4.74 Å². The van der Waals surface area contributed by atoms with Crippen molar-refractivity contribution in [1.82, 2.24) is 4.90 Å². The molecule has 3 nitrogen and oxygen atoms in total. The van der Waals surface area contributed by atoms with Gasteiger partial charge in [0.1, 0.15) is 0 Å². The van der Waals surface area contributed by atoms with Gasteiger partial charge < -0.3 is 9.64 Å². The zero-order valence-electron chi connectivity index (χ0n) is 13.2. The molecular weight excluding hydrogens is 282 g/mol. The van der Waals surface area contributed by atoms with Crippen LogP contribution in [0.1, 0.15) is 32.3 Å². The molecule has 0 radical (unpaired) electrons. The number of carbonyl (C=O) groups excluding carboxylic acids is 1. The zero-order valence-corrected chi connectivity index (χ0v) is 14.0. The van der Waals surface area contributed by atoms with Crippen LogP contribution in [0.2, 0.25) is 0 Å². The van der Waals surface area contributed by atoms with E-state index in [0.29, 0.717) is 17.8 Å². The van der Waals surface area contributed by atoms with E-state index in [1.54, 1.807) is 7.11 Å². The lowest BCUT2D eigenvalue weighted by molar-refractivity contribution is -0.132. The van der Waals surface area contributed by atoms with Crippen LogP contribution in [0.3, 0.4) is 0 Å². The van der Waals surface area contributed by atoms with Crippen LogP contribution in [0.4, 0.5) is 0 Å². The summed E-state index contributed by atoms with van der Waals surface area (Å²) in [5.41, 5.74) is 1.10. The average molecular weight is 307 g/mol. The lowest BCUT2D eigenvalue weighted by Crippen LogP contribution is -2.41.